The molecule has 2 aromatic carbocycles. The van der Waals surface area contributed by atoms with E-state index in [1.54, 1.807) is 6.92 Å². The van der Waals surface area contributed by atoms with Crippen LogP contribution in [0.15, 0.2) is 48.5 Å². The molecule has 124 valence electrons. The van der Waals surface area contributed by atoms with E-state index in [0.717, 1.165) is 35.5 Å². The van der Waals surface area contributed by atoms with Crippen LogP contribution in [0.3, 0.4) is 0 Å². The number of nitrogens with zero attached hydrogens (tertiary/aromatic N) is 2. The number of carbonyl (C=O) groups is 2. The van der Waals surface area contributed by atoms with Gasteiger partial charge in [0.2, 0.25) is 0 Å². The molecular formula is C20H22N2O2. The fraction of sp³-hybridized carbons (Fsp3) is 0.300. The van der Waals surface area contributed by atoms with Gasteiger partial charge in [-0.05, 0) is 50.2 Å². The number of amides is 1. The van der Waals surface area contributed by atoms with Crippen LogP contribution in [0.5, 0.6) is 0 Å². The highest BCUT2D eigenvalue weighted by atomic mass is 16.2. The van der Waals surface area contributed by atoms with Crippen LogP contribution in [0, 0.1) is 6.92 Å². The summed E-state index contributed by atoms with van der Waals surface area (Å²) in [7, 11) is 0. The van der Waals surface area contributed by atoms with E-state index in [2.05, 4.69) is 4.90 Å². The summed E-state index contributed by atoms with van der Waals surface area (Å²) in [5.41, 5.74) is 3.74. The van der Waals surface area contributed by atoms with Crippen molar-refractivity contribution in [2.75, 3.05) is 31.1 Å². The normalized spacial score (nSPS) is 14.6. The van der Waals surface area contributed by atoms with Crippen molar-refractivity contribution in [2.45, 2.75) is 13.8 Å². The molecule has 1 saturated heterocycles. The van der Waals surface area contributed by atoms with Crippen molar-refractivity contribution >= 4 is 17.4 Å². The first-order chi connectivity index (χ1) is 11.5. The zero-order chi connectivity index (χ0) is 17.1. The second kappa shape index (κ2) is 6.87. The van der Waals surface area contributed by atoms with Gasteiger partial charge in [-0.2, -0.15) is 0 Å². The summed E-state index contributed by atoms with van der Waals surface area (Å²) in [4.78, 5) is 28.1. The summed E-state index contributed by atoms with van der Waals surface area (Å²) in [6.45, 7) is 6.62. The van der Waals surface area contributed by atoms with Crippen molar-refractivity contribution in [2.24, 2.45) is 0 Å². The maximum Gasteiger partial charge on any atom is 0.253 e. The van der Waals surface area contributed by atoms with Gasteiger partial charge >= 0.3 is 0 Å². The summed E-state index contributed by atoms with van der Waals surface area (Å²) >= 11 is 0. The highest BCUT2D eigenvalue weighted by Crippen LogP contribution is 2.18. The van der Waals surface area contributed by atoms with Gasteiger partial charge in [0.05, 0.1) is 0 Å². The van der Waals surface area contributed by atoms with E-state index in [0.29, 0.717) is 13.1 Å². The van der Waals surface area contributed by atoms with Crippen LogP contribution in [0.1, 0.15) is 33.2 Å². The highest BCUT2D eigenvalue weighted by molar-refractivity contribution is 5.95. The van der Waals surface area contributed by atoms with Gasteiger partial charge in [-0.3, -0.25) is 9.59 Å². The molecule has 2 aromatic rings. The van der Waals surface area contributed by atoms with E-state index in [1.807, 2.05) is 60.4 Å². The molecule has 0 unspecified atom stereocenters. The van der Waals surface area contributed by atoms with E-state index in [1.165, 1.54) is 0 Å². The molecule has 0 N–H and O–H groups in total. The van der Waals surface area contributed by atoms with Gasteiger partial charge in [-0.15, -0.1) is 0 Å². The predicted octanol–water partition coefficient (Wildman–Crippen LogP) is 3.16. The summed E-state index contributed by atoms with van der Waals surface area (Å²) in [5.74, 6) is 0.177. The summed E-state index contributed by atoms with van der Waals surface area (Å²) in [6, 6.07) is 15.4. The lowest BCUT2D eigenvalue weighted by molar-refractivity contribution is 0.0746. The Morgan fingerprint density at radius 2 is 1.33 bits per heavy atom. The number of rotatable bonds is 3. The van der Waals surface area contributed by atoms with Gasteiger partial charge in [-0.1, -0.05) is 17.7 Å². The van der Waals surface area contributed by atoms with Crippen molar-refractivity contribution in [3.8, 4) is 0 Å². The molecule has 1 fully saturated rings. The first-order valence-electron chi connectivity index (χ1n) is 8.26. The van der Waals surface area contributed by atoms with Crippen LogP contribution in [0.25, 0.3) is 0 Å². The van der Waals surface area contributed by atoms with Crippen LogP contribution >= 0.6 is 0 Å². The molecule has 1 aliphatic heterocycles. The molecule has 1 amide bonds. The molecule has 0 atom stereocenters. The van der Waals surface area contributed by atoms with E-state index in [4.69, 9.17) is 0 Å². The van der Waals surface area contributed by atoms with Gasteiger partial charge in [0.15, 0.2) is 5.78 Å². The van der Waals surface area contributed by atoms with Crippen LogP contribution < -0.4 is 4.90 Å². The molecule has 0 saturated carbocycles. The summed E-state index contributed by atoms with van der Waals surface area (Å²) in [6.07, 6.45) is 0. The largest absolute Gasteiger partial charge is 0.368 e. The number of aryl methyl sites for hydroxylation is 1. The van der Waals surface area contributed by atoms with Crippen LogP contribution in [-0.4, -0.2) is 42.8 Å². The van der Waals surface area contributed by atoms with Crippen molar-refractivity contribution in [1.29, 1.82) is 0 Å². The first-order valence-corrected chi connectivity index (χ1v) is 8.26. The zero-order valence-corrected chi connectivity index (χ0v) is 14.2. The standard InChI is InChI=1S/C20H22N2O2/c1-15-3-5-18(6-4-15)20(24)22-13-11-21(12-14-22)19-9-7-17(8-10-19)16(2)23/h3-10H,11-14H2,1-2H3. The van der Waals surface area contributed by atoms with Crippen molar-refractivity contribution in [1.82, 2.24) is 4.90 Å². The van der Waals surface area contributed by atoms with Crippen molar-refractivity contribution < 1.29 is 9.59 Å². The Balaban J connectivity index is 1.62. The van der Waals surface area contributed by atoms with Gasteiger partial charge in [0, 0.05) is 43.0 Å². The zero-order valence-electron chi connectivity index (χ0n) is 14.2. The first kappa shape index (κ1) is 16.2. The number of carbonyl (C=O) groups excluding carboxylic acids is 2. The SMILES string of the molecule is CC(=O)c1ccc(N2CCN(C(=O)c3ccc(C)cc3)CC2)cc1. The fourth-order valence-electron chi connectivity index (χ4n) is 2.95. The van der Waals surface area contributed by atoms with E-state index in [9.17, 15) is 9.59 Å². The number of ketones is 1. The molecule has 1 aliphatic rings. The molecule has 24 heavy (non-hydrogen) atoms. The Morgan fingerprint density at radius 3 is 1.88 bits per heavy atom. The fourth-order valence-corrected chi connectivity index (χ4v) is 2.95. The third-order valence-corrected chi connectivity index (χ3v) is 4.50. The van der Waals surface area contributed by atoms with Crippen molar-refractivity contribution in [3.05, 3.63) is 65.2 Å². The topological polar surface area (TPSA) is 40.6 Å². The lowest BCUT2D eigenvalue weighted by Crippen LogP contribution is -2.48. The van der Waals surface area contributed by atoms with Crippen molar-refractivity contribution in [3.63, 3.8) is 0 Å². The molecule has 0 spiro atoms. The van der Waals surface area contributed by atoms with Gasteiger partial charge in [0.1, 0.15) is 0 Å². The molecule has 4 nitrogen and oxygen atoms in total. The second-order valence-electron chi connectivity index (χ2n) is 6.25. The quantitative estimate of drug-likeness (QED) is 0.815. The Labute approximate surface area is 142 Å². The van der Waals surface area contributed by atoms with Gasteiger partial charge < -0.3 is 9.80 Å². The van der Waals surface area contributed by atoms with E-state index in [-0.39, 0.29) is 11.7 Å². The average molecular weight is 322 g/mol. The number of hydrogen-bond acceptors (Lipinski definition) is 3. The molecule has 0 bridgehead atoms. The maximum atomic E-state index is 12.5. The second-order valence-corrected chi connectivity index (χ2v) is 6.25. The van der Waals surface area contributed by atoms with Gasteiger partial charge in [0.25, 0.3) is 5.91 Å². The molecular weight excluding hydrogens is 300 g/mol. The van der Waals surface area contributed by atoms with Gasteiger partial charge in [-0.25, -0.2) is 0 Å². The van der Waals surface area contributed by atoms with Crippen LogP contribution in [0.2, 0.25) is 0 Å². The number of hydrogen-bond donors (Lipinski definition) is 0. The minimum Gasteiger partial charge on any atom is -0.368 e. The van der Waals surface area contributed by atoms with Crippen LogP contribution in [0.4, 0.5) is 5.69 Å². The molecule has 1 heterocycles. The molecule has 0 aliphatic carbocycles. The molecule has 0 radical (unpaired) electrons. The monoisotopic (exact) mass is 322 g/mol. The average Bonchev–Trinajstić information content (AvgIpc) is 2.62. The Kier molecular flexibility index (Phi) is 4.65. The van der Waals surface area contributed by atoms with Crippen LogP contribution in [-0.2, 0) is 0 Å². The third-order valence-electron chi connectivity index (χ3n) is 4.50. The molecule has 0 aromatic heterocycles. The minimum absolute atomic E-state index is 0.0788. The lowest BCUT2D eigenvalue weighted by Gasteiger charge is -2.36. The predicted molar refractivity (Wildman–Crippen MR) is 95.7 cm³/mol. The number of Topliss-reactive ketones (excluding diaryl/α,β-unsaturated/α-hetero) is 1. The number of benzene rings is 2. The Morgan fingerprint density at radius 1 is 0.792 bits per heavy atom. The number of anilines is 1. The Bertz CT molecular complexity index is 727. The van der Waals surface area contributed by atoms with E-state index >= 15 is 0 Å². The maximum absolute atomic E-state index is 12.5. The molecule has 3 rings (SSSR count). The highest BCUT2D eigenvalue weighted by Gasteiger charge is 2.22. The number of piperazine rings is 1. The Hall–Kier alpha value is -2.62. The summed E-state index contributed by atoms with van der Waals surface area (Å²) < 4.78 is 0. The smallest absolute Gasteiger partial charge is 0.253 e. The third kappa shape index (κ3) is 3.48. The summed E-state index contributed by atoms with van der Waals surface area (Å²) in [5, 5.41) is 0. The lowest BCUT2D eigenvalue weighted by atomic mass is 10.1. The van der Waals surface area contributed by atoms with E-state index < -0.39 is 0 Å². The molecule has 4 heteroatoms. The minimum atomic E-state index is 0.0788.